The van der Waals surface area contributed by atoms with Crippen molar-refractivity contribution in [3.8, 4) is 5.75 Å². The van der Waals surface area contributed by atoms with Crippen LogP contribution in [0.3, 0.4) is 0 Å². The zero-order chi connectivity index (χ0) is 14.6. The normalized spacial score (nSPS) is 20.3. The van der Waals surface area contributed by atoms with E-state index in [0.29, 0.717) is 17.4 Å². The van der Waals surface area contributed by atoms with Crippen LogP contribution in [-0.2, 0) is 13.6 Å². The summed E-state index contributed by atoms with van der Waals surface area (Å²) in [6, 6.07) is 9.34. The number of ether oxygens (including phenoxy) is 1. The highest BCUT2D eigenvalue weighted by atomic mass is 32.7. The summed E-state index contributed by atoms with van der Waals surface area (Å²) >= 11 is 6.13. The SMILES string of the molecule is CC1(C)COP(=O)(SC(=S)COc2ccccc2)OC1. The Hall–Kier alpha value is -0.390. The van der Waals surface area contributed by atoms with Crippen molar-refractivity contribution in [3.05, 3.63) is 30.3 Å². The number of rotatable bonds is 4. The van der Waals surface area contributed by atoms with Crippen molar-refractivity contribution in [1.29, 1.82) is 0 Å². The molecule has 0 unspecified atom stereocenters. The van der Waals surface area contributed by atoms with E-state index in [1.807, 2.05) is 44.2 Å². The summed E-state index contributed by atoms with van der Waals surface area (Å²) in [5, 5.41) is 0. The first-order chi connectivity index (χ1) is 9.39. The Morgan fingerprint density at radius 1 is 1.35 bits per heavy atom. The topological polar surface area (TPSA) is 44.8 Å². The van der Waals surface area contributed by atoms with Gasteiger partial charge in [0.25, 0.3) is 0 Å². The smallest absolute Gasteiger partial charge is 0.394 e. The lowest BCUT2D eigenvalue weighted by molar-refractivity contribution is 0.0502. The van der Waals surface area contributed by atoms with E-state index in [1.165, 1.54) is 0 Å². The van der Waals surface area contributed by atoms with Crippen LogP contribution in [0.15, 0.2) is 30.3 Å². The molecule has 0 saturated carbocycles. The average Bonchev–Trinajstić information content (AvgIpc) is 2.42. The summed E-state index contributed by atoms with van der Waals surface area (Å²) in [4.78, 5) is 0. The minimum absolute atomic E-state index is 0.114. The summed E-state index contributed by atoms with van der Waals surface area (Å²) in [7, 11) is 0. The lowest BCUT2D eigenvalue weighted by atomic mass is 9.97. The van der Waals surface area contributed by atoms with Gasteiger partial charge in [0, 0.05) is 16.8 Å². The highest BCUT2D eigenvalue weighted by molar-refractivity contribution is 8.65. The number of para-hydroxylation sites is 1. The number of thiocarbonyl (C=S) groups is 1. The second-order valence-corrected chi connectivity index (χ2v) is 9.95. The standard InChI is InChI=1S/C13H17O4PS2/c1-13(2)9-16-18(14,17-10-13)20-12(19)8-15-11-6-4-3-5-7-11/h3-7H,8-10H2,1-2H3. The molecule has 110 valence electrons. The molecule has 4 nitrogen and oxygen atoms in total. The molecule has 0 radical (unpaired) electrons. The Morgan fingerprint density at radius 3 is 2.55 bits per heavy atom. The van der Waals surface area contributed by atoms with Gasteiger partial charge in [-0.25, -0.2) is 4.57 Å². The highest BCUT2D eigenvalue weighted by Crippen LogP contribution is 2.64. The third-order valence-corrected chi connectivity index (χ3v) is 6.68. The molecule has 1 aliphatic rings. The molecule has 1 aliphatic heterocycles. The zero-order valence-corrected chi connectivity index (χ0v) is 13.9. The number of hydrogen-bond acceptors (Lipinski definition) is 6. The second-order valence-electron chi connectivity index (χ2n) is 5.22. The van der Waals surface area contributed by atoms with Gasteiger partial charge >= 0.3 is 6.80 Å². The van der Waals surface area contributed by atoms with Crippen LogP contribution >= 0.6 is 30.4 Å². The van der Waals surface area contributed by atoms with Crippen molar-refractivity contribution < 1.29 is 18.3 Å². The molecule has 20 heavy (non-hydrogen) atoms. The predicted molar refractivity (Wildman–Crippen MR) is 85.4 cm³/mol. The molecular formula is C13H17O4PS2. The van der Waals surface area contributed by atoms with Gasteiger partial charge in [-0.2, -0.15) is 0 Å². The Bertz CT molecular complexity index is 504. The average molecular weight is 332 g/mol. The van der Waals surface area contributed by atoms with Crippen LogP contribution in [0, 0.1) is 5.41 Å². The Kier molecular flexibility index (Phi) is 5.26. The summed E-state index contributed by atoms with van der Waals surface area (Å²) in [5.41, 5.74) is -0.114. The quantitative estimate of drug-likeness (QED) is 0.605. The predicted octanol–water partition coefficient (Wildman–Crippen LogP) is 4.31. The Morgan fingerprint density at radius 2 is 1.95 bits per heavy atom. The van der Waals surface area contributed by atoms with Gasteiger partial charge in [-0.15, -0.1) is 0 Å². The van der Waals surface area contributed by atoms with Crippen LogP contribution in [0.4, 0.5) is 0 Å². The Labute approximate surface area is 128 Å². The molecule has 0 bridgehead atoms. The van der Waals surface area contributed by atoms with Crippen LogP contribution in [0.1, 0.15) is 13.8 Å². The fraction of sp³-hybridized carbons (Fsp3) is 0.462. The van der Waals surface area contributed by atoms with E-state index >= 15 is 0 Å². The van der Waals surface area contributed by atoms with E-state index in [2.05, 4.69) is 0 Å². The minimum Gasteiger partial charge on any atom is -0.487 e. The molecular weight excluding hydrogens is 315 g/mol. The van der Waals surface area contributed by atoms with E-state index in [4.69, 9.17) is 26.0 Å². The van der Waals surface area contributed by atoms with Gasteiger partial charge in [0.2, 0.25) is 0 Å². The van der Waals surface area contributed by atoms with E-state index in [9.17, 15) is 4.57 Å². The molecule has 1 fully saturated rings. The zero-order valence-electron chi connectivity index (χ0n) is 11.4. The molecule has 0 amide bonds. The highest BCUT2D eigenvalue weighted by Gasteiger charge is 2.38. The third kappa shape index (κ3) is 4.86. The summed E-state index contributed by atoms with van der Waals surface area (Å²) < 4.78 is 29.0. The molecule has 7 heteroatoms. The van der Waals surface area contributed by atoms with Crippen molar-refractivity contribution in [2.75, 3.05) is 19.8 Å². The number of hydrogen-bond donors (Lipinski definition) is 0. The first kappa shape index (κ1) is 16.0. The van der Waals surface area contributed by atoms with Gasteiger partial charge in [0.05, 0.1) is 17.4 Å². The van der Waals surface area contributed by atoms with Gasteiger partial charge in [0.1, 0.15) is 12.4 Å². The van der Waals surface area contributed by atoms with Gasteiger partial charge in [0.15, 0.2) is 0 Å². The maximum Gasteiger partial charge on any atom is 0.394 e. The molecule has 1 heterocycles. The molecule has 2 rings (SSSR count). The molecule has 0 atom stereocenters. The van der Waals surface area contributed by atoms with Crippen LogP contribution in [0.2, 0.25) is 0 Å². The maximum atomic E-state index is 12.3. The van der Waals surface area contributed by atoms with Crippen molar-refractivity contribution in [2.45, 2.75) is 13.8 Å². The Balaban J connectivity index is 1.81. The lowest BCUT2D eigenvalue weighted by Gasteiger charge is -2.33. The monoisotopic (exact) mass is 332 g/mol. The molecule has 1 saturated heterocycles. The largest absolute Gasteiger partial charge is 0.487 e. The lowest BCUT2D eigenvalue weighted by Crippen LogP contribution is -2.29. The summed E-state index contributed by atoms with van der Waals surface area (Å²) in [6.45, 7) is 1.82. The van der Waals surface area contributed by atoms with Crippen LogP contribution in [0.5, 0.6) is 5.75 Å². The van der Waals surface area contributed by atoms with Crippen LogP contribution in [0.25, 0.3) is 0 Å². The fourth-order valence-corrected chi connectivity index (χ4v) is 5.42. The minimum atomic E-state index is -3.18. The van der Waals surface area contributed by atoms with Gasteiger partial charge in [-0.1, -0.05) is 44.3 Å². The van der Waals surface area contributed by atoms with Crippen molar-refractivity contribution in [2.24, 2.45) is 5.41 Å². The van der Waals surface area contributed by atoms with Gasteiger partial charge in [-0.05, 0) is 12.1 Å². The van der Waals surface area contributed by atoms with Crippen LogP contribution in [-0.4, -0.2) is 24.0 Å². The molecule has 0 N–H and O–H groups in total. The van der Waals surface area contributed by atoms with Crippen molar-refractivity contribution in [3.63, 3.8) is 0 Å². The maximum absolute atomic E-state index is 12.3. The second kappa shape index (κ2) is 6.58. The van der Waals surface area contributed by atoms with Gasteiger partial charge in [-0.3, -0.25) is 9.05 Å². The molecule has 0 spiro atoms. The fourth-order valence-electron chi connectivity index (χ4n) is 1.45. The number of benzene rings is 1. The van der Waals surface area contributed by atoms with Crippen molar-refractivity contribution in [1.82, 2.24) is 0 Å². The van der Waals surface area contributed by atoms with Crippen LogP contribution < -0.4 is 4.74 Å². The van der Waals surface area contributed by atoms with E-state index in [-0.39, 0.29) is 12.0 Å². The third-order valence-electron chi connectivity index (χ3n) is 2.54. The first-order valence-corrected chi connectivity index (χ1v) is 9.55. The molecule has 0 aromatic heterocycles. The van der Waals surface area contributed by atoms with E-state index in [0.717, 1.165) is 17.1 Å². The molecule has 0 aliphatic carbocycles. The van der Waals surface area contributed by atoms with Gasteiger partial charge < -0.3 is 4.74 Å². The summed E-state index contributed by atoms with van der Waals surface area (Å²) in [5.74, 6) is 0.723. The molecule has 1 aromatic carbocycles. The molecule has 1 aromatic rings. The van der Waals surface area contributed by atoms with E-state index in [1.54, 1.807) is 0 Å². The first-order valence-electron chi connectivity index (χ1n) is 6.18. The van der Waals surface area contributed by atoms with Crippen molar-refractivity contribution >= 4 is 34.6 Å². The van der Waals surface area contributed by atoms with E-state index < -0.39 is 6.80 Å². The summed E-state index contributed by atoms with van der Waals surface area (Å²) in [6.07, 6.45) is 0.